The first-order chi connectivity index (χ1) is 9.11. The van der Waals surface area contributed by atoms with Crippen molar-refractivity contribution in [3.8, 4) is 17.2 Å². The van der Waals surface area contributed by atoms with Crippen LogP contribution in [0.4, 0.5) is 0 Å². The lowest BCUT2D eigenvalue weighted by Gasteiger charge is -2.25. The molecular weight excluding hydrogens is 240 g/mol. The van der Waals surface area contributed by atoms with Gasteiger partial charge in [-0.2, -0.15) is 0 Å². The highest BCUT2D eigenvalue weighted by Gasteiger charge is 2.21. The van der Waals surface area contributed by atoms with Crippen LogP contribution in [0.25, 0.3) is 0 Å². The maximum atomic E-state index is 9.56. The molecule has 0 aromatic heterocycles. The summed E-state index contributed by atoms with van der Waals surface area (Å²) in [7, 11) is 0. The largest absolute Gasteiger partial charge is 0.508 e. The molecule has 2 aromatic rings. The van der Waals surface area contributed by atoms with E-state index in [0.29, 0.717) is 11.7 Å². The van der Waals surface area contributed by atoms with Crippen LogP contribution in [-0.4, -0.2) is 15.3 Å². The summed E-state index contributed by atoms with van der Waals surface area (Å²) in [6.45, 7) is 0. The molecule has 0 radical (unpaired) electrons. The van der Waals surface area contributed by atoms with E-state index in [0.717, 1.165) is 24.8 Å². The molecule has 0 heterocycles. The molecule has 0 fully saturated rings. The molecule has 3 rings (SSSR count). The second-order valence-corrected chi connectivity index (χ2v) is 5.18. The van der Waals surface area contributed by atoms with E-state index in [1.165, 1.54) is 17.2 Å². The van der Waals surface area contributed by atoms with Crippen LogP contribution in [0.15, 0.2) is 36.4 Å². The second-order valence-electron chi connectivity index (χ2n) is 5.18. The molecule has 1 atom stereocenters. The van der Waals surface area contributed by atoms with Crippen molar-refractivity contribution in [1.82, 2.24) is 0 Å². The maximum absolute atomic E-state index is 9.56. The highest BCUT2D eigenvalue weighted by atomic mass is 16.3. The molecule has 3 N–H and O–H groups in total. The van der Waals surface area contributed by atoms with Crippen LogP contribution in [0, 0.1) is 0 Å². The van der Waals surface area contributed by atoms with Crippen LogP contribution in [0.1, 0.15) is 29.0 Å². The van der Waals surface area contributed by atoms with Gasteiger partial charge in [0, 0.05) is 6.07 Å². The van der Waals surface area contributed by atoms with Crippen molar-refractivity contribution in [2.24, 2.45) is 0 Å². The van der Waals surface area contributed by atoms with Gasteiger partial charge in [0.2, 0.25) is 0 Å². The zero-order chi connectivity index (χ0) is 13.4. The minimum absolute atomic E-state index is 0.103. The second kappa shape index (κ2) is 4.50. The molecule has 0 spiro atoms. The van der Waals surface area contributed by atoms with E-state index in [1.54, 1.807) is 18.2 Å². The lowest BCUT2D eigenvalue weighted by Crippen LogP contribution is -2.12. The van der Waals surface area contributed by atoms with E-state index >= 15 is 0 Å². The van der Waals surface area contributed by atoms with Crippen LogP contribution in [0.5, 0.6) is 17.2 Å². The number of rotatable bonds is 1. The number of benzene rings is 2. The van der Waals surface area contributed by atoms with Gasteiger partial charge in [0.25, 0.3) is 0 Å². The van der Waals surface area contributed by atoms with E-state index in [9.17, 15) is 15.3 Å². The quantitative estimate of drug-likeness (QED) is 0.734. The summed E-state index contributed by atoms with van der Waals surface area (Å²) in [6, 6.07) is 10.3. The van der Waals surface area contributed by atoms with Crippen molar-refractivity contribution in [3.05, 3.63) is 53.1 Å². The fourth-order valence-electron chi connectivity index (χ4n) is 2.88. The van der Waals surface area contributed by atoms with Gasteiger partial charge in [-0.25, -0.2) is 0 Å². The number of hydrogen-bond acceptors (Lipinski definition) is 3. The van der Waals surface area contributed by atoms with E-state index in [4.69, 9.17) is 0 Å². The highest BCUT2D eigenvalue weighted by Crippen LogP contribution is 2.36. The van der Waals surface area contributed by atoms with Gasteiger partial charge in [0.05, 0.1) is 0 Å². The molecule has 0 amide bonds. The van der Waals surface area contributed by atoms with Gasteiger partial charge in [-0.05, 0) is 66.1 Å². The minimum atomic E-state index is 0.103. The van der Waals surface area contributed by atoms with Gasteiger partial charge in [-0.1, -0.05) is 6.07 Å². The molecule has 1 unspecified atom stereocenters. The Balaban J connectivity index is 1.91. The third-order valence-corrected chi connectivity index (χ3v) is 3.81. The van der Waals surface area contributed by atoms with Gasteiger partial charge in [-0.3, -0.25) is 0 Å². The van der Waals surface area contributed by atoms with Crippen LogP contribution in [0.3, 0.4) is 0 Å². The third-order valence-electron chi connectivity index (χ3n) is 3.81. The number of aryl methyl sites for hydroxylation is 1. The number of phenolic OH excluding ortho intramolecular Hbond substituents is 3. The molecular formula is C16H16O3. The summed E-state index contributed by atoms with van der Waals surface area (Å²) < 4.78 is 0. The fraction of sp³-hybridized carbons (Fsp3) is 0.250. The van der Waals surface area contributed by atoms with Gasteiger partial charge >= 0.3 is 0 Å². The SMILES string of the molecule is Oc1cc(O)cc(C2CCc3cc(O)ccc3C2)c1. The first-order valence-corrected chi connectivity index (χ1v) is 6.45. The van der Waals surface area contributed by atoms with Crippen molar-refractivity contribution in [1.29, 1.82) is 0 Å². The van der Waals surface area contributed by atoms with E-state index in [-0.39, 0.29) is 11.5 Å². The maximum Gasteiger partial charge on any atom is 0.119 e. The Morgan fingerprint density at radius 2 is 1.53 bits per heavy atom. The average molecular weight is 256 g/mol. The molecule has 1 aliphatic carbocycles. The molecule has 98 valence electrons. The van der Waals surface area contributed by atoms with Crippen LogP contribution in [-0.2, 0) is 12.8 Å². The van der Waals surface area contributed by atoms with Gasteiger partial charge < -0.3 is 15.3 Å². The van der Waals surface area contributed by atoms with Gasteiger partial charge in [-0.15, -0.1) is 0 Å². The summed E-state index contributed by atoms with van der Waals surface area (Å²) in [4.78, 5) is 0. The summed E-state index contributed by atoms with van der Waals surface area (Å²) in [5, 5.41) is 28.6. The highest BCUT2D eigenvalue weighted by molar-refractivity contribution is 5.42. The molecule has 0 bridgehead atoms. The molecule has 1 aliphatic rings. The number of aromatic hydroxyl groups is 3. The Kier molecular flexibility index (Phi) is 2.82. The van der Waals surface area contributed by atoms with Gasteiger partial charge in [0.15, 0.2) is 0 Å². The Hall–Kier alpha value is -2.16. The standard InChI is InChI=1S/C16H16O3/c17-14-4-3-10-5-11(1-2-12(10)6-14)13-7-15(18)9-16(19)8-13/h3-4,6-9,11,17-19H,1-2,5H2. The Morgan fingerprint density at radius 3 is 2.26 bits per heavy atom. The van der Waals surface area contributed by atoms with Crippen molar-refractivity contribution in [2.45, 2.75) is 25.2 Å². The Morgan fingerprint density at radius 1 is 0.789 bits per heavy atom. The van der Waals surface area contributed by atoms with E-state index in [1.807, 2.05) is 12.1 Å². The first kappa shape index (κ1) is 11.9. The van der Waals surface area contributed by atoms with Crippen LogP contribution in [0.2, 0.25) is 0 Å². The predicted molar refractivity (Wildman–Crippen MR) is 72.6 cm³/mol. The van der Waals surface area contributed by atoms with E-state index < -0.39 is 0 Å². The Bertz CT molecular complexity index is 599. The molecule has 3 nitrogen and oxygen atoms in total. The van der Waals surface area contributed by atoms with Crippen molar-refractivity contribution in [2.75, 3.05) is 0 Å². The summed E-state index contributed by atoms with van der Waals surface area (Å²) in [6.07, 6.45) is 2.74. The Labute approximate surface area is 111 Å². The minimum Gasteiger partial charge on any atom is -0.508 e. The lowest BCUT2D eigenvalue weighted by molar-refractivity contribution is 0.446. The normalized spacial score (nSPS) is 18.0. The predicted octanol–water partition coefficient (Wildman–Crippen LogP) is 3.08. The molecule has 0 saturated carbocycles. The molecule has 19 heavy (non-hydrogen) atoms. The molecule has 0 aliphatic heterocycles. The average Bonchev–Trinajstić information content (AvgIpc) is 2.37. The molecule has 0 saturated heterocycles. The molecule has 2 aromatic carbocycles. The van der Waals surface area contributed by atoms with Crippen LogP contribution < -0.4 is 0 Å². The summed E-state index contributed by atoms with van der Waals surface area (Å²) in [5.74, 6) is 0.820. The third kappa shape index (κ3) is 2.36. The topological polar surface area (TPSA) is 60.7 Å². The van der Waals surface area contributed by atoms with Crippen molar-refractivity contribution in [3.63, 3.8) is 0 Å². The fourth-order valence-corrected chi connectivity index (χ4v) is 2.88. The van der Waals surface area contributed by atoms with Crippen LogP contribution >= 0.6 is 0 Å². The molecule has 3 heteroatoms. The monoisotopic (exact) mass is 256 g/mol. The number of phenols is 3. The summed E-state index contributed by atoms with van der Waals surface area (Å²) in [5.41, 5.74) is 3.40. The van der Waals surface area contributed by atoms with E-state index in [2.05, 4.69) is 0 Å². The smallest absolute Gasteiger partial charge is 0.119 e. The van der Waals surface area contributed by atoms with Gasteiger partial charge in [0.1, 0.15) is 17.2 Å². The zero-order valence-corrected chi connectivity index (χ0v) is 10.5. The number of hydrogen-bond donors (Lipinski definition) is 3. The number of fused-ring (bicyclic) bond motifs is 1. The first-order valence-electron chi connectivity index (χ1n) is 6.45. The lowest BCUT2D eigenvalue weighted by atomic mass is 9.80. The van der Waals surface area contributed by atoms with Crippen molar-refractivity contribution >= 4 is 0 Å². The summed E-state index contributed by atoms with van der Waals surface area (Å²) >= 11 is 0. The van der Waals surface area contributed by atoms with Crippen molar-refractivity contribution < 1.29 is 15.3 Å². The zero-order valence-electron chi connectivity index (χ0n) is 10.5.